The molecule has 0 aliphatic carbocycles. The van der Waals surface area contributed by atoms with Crippen LogP contribution in [0.3, 0.4) is 0 Å². The van der Waals surface area contributed by atoms with E-state index in [-0.39, 0.29) is 17.1 Å². The highest BCUT2D eigenvalue weighted by molar-refractivity contribution is 9.09. The lowest BCUT2D eigenvalue weighted by Gasteiger charge is -2.11. The first-order valence-electron chi connectivity index (χ1n) is 6.57. The van der Waals surface area contributed by atoms with Crippen LogP contribution in [0.1, 0.15) is 16.8 Å². The Morgan fingerprint density at radius 2 is 1.90 bits per heavy atom. The Kier molecular flexibility index (Phi) is 5.16. The van der Waals surface area contributed by atoms with E-state index >= 15 is 0 Å². The Morgan fingerprint density at radius 1 is 1.24 bits per heavy atom. The first kappa shape index (κ1) is 16.2. The molecule has 0 radical (unpaired) electrons. The van der Waals surface area contributed by atoms with Gasteiger partial charge in [-0.05, 0) is 24.1 Å². The Morgan fingerprint density at radius 3 is 2.57 bits per heavy atom. The maximum absolute atomic E-state index is 12.0. The topological polar surface area (TPSA) is 36.2 Å². The van der Waals surface area contributed by atoms with Crippen LogP contribution in [0.5, 0.6) is 0 Å². The highest BCUT2D eigenvalue weighted by Crippen LogP contribution is 2.28. The van der Waals surface area contributed by atoms with Crippen LogP contribution in [0.25, 0.3) is 11.0 Å². The van der Waals surface area contributed by atoms with Crippen LogP contribution in [0.15, 0.2) is 23.0 Å². The highest BCUT2D eigenvalue weighted by Gasteiger charge is 2.13. The number of imidazole rings is 1. The fourth-order valence-electron chi connectivity index (χ4n) is 2.24. The summed E-state index contributed by atoms with van der Waals surface area (Å²) in [4.78, 5) is 11.9. The quantitative estimate of drug-likeness (QED) is 0.585. The third kappa shape index (κ3) is 3.52. The molecule has 1 unspecified atom stereocenters. The summed E-state index contributed by atoms with van der Waals surface area (Å²) in [5, 5.41) is 0. The maximum atomic E-state index is 12.0. The van der Waals surface area contributed by atoms with Gasteiger partial charge in [0.2, 0.25) is 0 Å². The highest BCUT2D eigenvalue weighted by atomic mass is 79.9. The van der Waals surface area contributed by atoms with Crippen molar-refractivity contribution in [2.24, 2.45) is 14.1 Å². The number of aromatic nitrogens is 2. The minimum absolute atomic E-state index is 0.00474. The Bertz CT molecular complexity index is 681. The molecule has 0 amide bonds. The molecule has 0 N–H and O–H groups in total. The molecule has 2 rings (SSSR count). The number of alkyl halides is 3. The summed E-state index contributed by atoms with van der Waals surface area (Å²) in [6.45, 7) is -0.280. The van der Waals surface area contributed by atoms with Crippen molar-refractivity contribution in [3.63, 3.8) is 0 Å². The zero-order chi connectivity index (χ0) is 15.6. The van der Waals surface area contributed by atoms with Crippen LogP contribution in [-0.2, 0) is 18.8 Å². The predicted molar refractivity (Wildman–Crippen MR) is 81.3 cm³/mol. The van der Waals surface area contributed by atoms with E-state index in [4.69, 9.17) is 4.74 Å². The predicted octanol–water partition coefficient (Wildman–Crippen LogP) is 2.98. The average Bonchev–Trinajstić information content (AvgIpc) is 2.68. The van der Waals surface area contributed by atoms with E-state index < -0.39 is 13.0 Å². The van der Waals surface area contributed by atoms with Gasteiger partial charge in [0.1, 0.15) is 6.61 Å². The minimum atomic E-state index is -2.44. The fourth-order valence-corrected chi connectivity index (χ4v) is 2.72. The number of rotatable bonds is 6. The van der Waals surface area contributed by atoms with Crippen LogP contribution < -0.4 is 5.69 Å². The lowest BCUT2D eigenvalue weighted by Crippen LogP contribution is -2.19. The van der Waals surface area contributed by atoms with Gasteiger partial charge in [-0.1, -0.05) is 22.0 Å². The summed E-state index contributed by atoms with van der Waals surface area (Å²) < 4.78 is 32.0. The van der Waals surface area contributed by atoms with Crippen molar-refractivity contribution in [2.45, 2.75) is 17.7 Å². The van der Waals surface area contributed by atoms with Crippen molar-refractivity contribution in [1.82, 2.24) is 9.13 Å². The number of fused-ring (bicyclic) bond motifs is 1. The molecule has 1 aromatic carbocycles. The molecule has 0 spiro atoms. The van der Waals surface area contributed by atoms with Gasteiger partial charge in [0.05, 0.1) is 11.0 Å². The molecule has 1 aromatic heterocycles. The largest absolute Gasteiger partial charge is 0.375 e. The maximum Gasteiger partial charge on any atom is 0.328 e. The van der Waals surface area contributed by atoms with Gasteiger partial charge in [-0.3, -0.25) is 9.13 Å². The van der Waals surface area contributed by atoms with Crippen LogP contribution in [-0.4, -0.2) is 28.8 Å². The van der Waals surface area contributed by atoms with Crippen molar-refractivity contribution in [1.29, 1.82) is 0 Å². The Balaban J connectivity index is 2.12. The third-order valence-corrected chi connectivity index (χ3v) is 4.40. The molecular formula is C14H17BrF2N2O2. The van der Waals surface area contributed by atoms with E-state index in [0.717, 1.165) is 16.6 Å². The van der Waals surface area contributed by atoms with Crippen LogP contribution in [0, 0.1) is 0 Å². The second-order valence-corrected chi connectivity index (χ2v) is 5.98. The zero-order valence-corrected chi connectivity index (χ0v) is 13.4. The van der Waals surface area contributed by atoms with Crippen molar-refractivity contribution < 1.29 is 13.5 Å². The van der Waals surface area contributed by atoms with Gasteiger partial charge in [0, 0.05) is 25.5 Å². The molecule has 0 aliphatic heterocycles. The first-order valence-corrected chi connectivity index (χ1v) is 7.48. The molecule has 0 saturated carbocycles. The standard InChI is InChI=1S/C14H17BrF2N2O2/c1-18-11-4-3-9(7-12(11)19(2)14(18)20)10(15)5-6-21-8-13(16)17/h3-4,7,10,13H,5-6,8H2,1-2H3. The SMILES string of the molecule is Cn1c(=O)n(C)c2cc(C(Br)CCOCC(F)F)ccc21. The Labute approximate surface area is 129 Å². The number of hydrogen-bond donors (Lipinski definition) is 0. The molecule has 0 bridgehead atoms. The fraction of sp³-hybridized carbons (Fsp3) is 0.500. The van der Waals surface area contributed by atoms with Gasteiger partial charge in [-0.15, -0.1) is 0 Å². The molecule has 1 atom stereocenters. The third-order valence-electron chi connectivity index (χ3n) is 3.42. The van der Waals surface area contributed by atoms with Crippen LogP contribution in [0.2, 0.25) is 0 Å². The summed E-state index contributed by atoms with van der Waals surface area (Å²) in [6, 6.07) is 5.75. The molecule has 4 nitrogen and oxygen atoms in total. The van der Waals surface area contributed by atoms with Gasteiger partial charge in [0.25, 0.3) is 6.43 Å². The van der Waals surface area contributed by atoms with Crippen molar-refractivity contribution in [3.05, 3.63) is 34.2 Å². The normalized spacial score (nSPS) is 13.2. The number of benzene rings is 1. The smallest absolute Gasteiger partial charge is 0.328 e. The first-order chi connectivity index (χ1) is 9.91. The van der Waals surface area contributed by atoms with Gasteiger partial charge in [0.15, 0.2) is 0 Å². The van der Waals surface area contributed by atoms with E-state index in [0.29, 0.717) is 6.42 Å². The number of aryl methyl sites for hydroxylation is 2. The van der Waals surface area contributed by atoms with Gasteiger partial charge < -0.3 is 4.74 Å². The van der Waals surface area contributed by atoms with Gasteiger partial charge in [-0.25, -0.2) is 13.6 Å². The number of hydrogen-bond acceptors (Lipinski definition) is 2. The Hall–Kier alpha value is -1.21. The summed E-state index contributed by atoms with van der Waals surface area (Å²) in [6.07, 6.45) is -1.85. The van der Waals surface area contributed by atoms with E-state index in [1.54, 1.807) is 23.2 Å². The monoisotopic (exact) mass is 362 g/mol. The van der Waals surface area contributed by atoms with E-state index in [2.05, 4.69) is 15.9 Å². The van der Waals surface area contributed by atoms with Gasteiger partial charge in [-0.2, -0.15) is 0 Å². The second-order valence-electron chi connectivity index (χ2n) is 4.87. The molecule has 0 aliphatic rings. The molecule has 2 aromatic rings. The zero-order valence-electron chi connectivity index (χ0n) is 11.9. The average molecular weight is 363 g/mol. The lowest BCUT2D eigenvalue weighted by atomic mass is 10.1. The van der Waals surface area contributed by atoms with Crippen molar-refractivity contribution in [2.75, 3.05) is 13.2 Å². The molecule has 116 valence electrons. The van der Waals surface area contributed by atoms with Gasteiger partial charge >= 0.3 is 5.69 Å². The number of ether oxygens (including phenoxy) is 1. The van der Waals surface area contributed by atoms with E-state index in [1.807, 2.05) is 18.2 Å². The molecular weight excluding hydrogens is 346 g/mol. The number of halogens is 3. The summed E-state index contributed by atoms with van der Waals surface area (Å²) in [5.74, 6) is 0. The summed E-state index contributed by atoms with van der Waals surface area (Å²) in [5.41, 5.74) is 2.62. The van der Waals surface area contributed by atoms with E-state index in [1.165, 1.54) is 0 Å². The second kappa shape index (κ2) is 6.70. The summed E-state index contributed by atoms with van der Waals surface area (Å²) >= 11 is 3.53. The minimum Gasteiger partial charge on any atom is -0.375 e. The molecule has 0 fully saturated rings. The molecule has 0 saturated heterocycles. The van der Waals surface area contributed by atoms with Crippen molar-refractivity contribution in [3.8, 4) is 0 Å². The van der Waals surface area contributed by atoms with E-state index in [9.17, 15) is 13.6 Å². The summed E-state index contributed by atoms with van der Waals surface area (Å²) in [7, 11) is 3.46. The van der Waals surface area contributed by atoms with Crippen molar-refractivity contribution >= 4 is 27.0 Å². The lowest BCUT2D eigenvalue weighted by molar-refractivity contribution is 0.0167. The van der Waals surface area contributed by atoms with Crippen LogP contribution in [0.4, 0.5) is 8.78 Å². The number of nitrogens with zero attached hydrogens (tertiary/aromatic N) is 2. The molecule has 21 heavy (non-hydrogen) atoms. The molecule has 1 heterocycles. The van der Waals surface area contributed by atoms with Crippen LogP contribution >= 0.6 is 15.9 Å². The molecule has 7 heteroatoms.